The summed E-state index contributed by atoms with van der Waals surface area (Å²) in [5.41, 5.74) is 1.05. The first kappa shape index (κ1) is 12.4. The van der Waals surface area contributed by atoms with Crippen LogP contribution in [0.3, 0.4) is 0 Å². The molecule has 1 aromatic carbocycles. The maximum Gasteiger partial charge on any atom is 0.141 e. The highest BCUT2D eigenvalue weighted by Crippen LogP contribution is 2.15. The summed E-state index contributed by atoms with van der Waals surface area (Å²) in [6, 6.07) is 4.85. The van der Waals surface area contributed by atoms with Crippen molar-refractivity contribution in [2.75, 3.05) is 26.7 Å². The minimum atomic E-state index is -0.358. The van der Waals surface area contributed by atoms with Crippen molar-refractivity contribution < 1.29 is 4.39 Å². The summed E-state index contributed by atoms with van der Waals surface area (Å²) in [7, 11) is 1.92. The van der Waals surface area contributed by atoms with Crippen molar-refractivity contribution in [3.8, 4) is 0 Å². The van der Waals surface area contributed by atoms with Crippen LogP contribution in [-0.2, 0) is 6.42 Å². The predicted octanol–water partition coefficient (Wildman–Crippen LogP) is 1.83. The van der Waals surface area contributed by atoms with Crippen molar-refractivity contribution in [2.24, 2.45) is 0 Å². The Balaban J connectivity index is 2.28. The minimum absolute atomic E-state index is 0.197. The molecule has 0 heterocycles. The second kappa shape index (κ2) is 6.77. The summed E-state index contributed by atoms with van der Waals surface area (Å²) in [5, 5.41) is 6.52. The summed E-state index contributed by atoms with van der Waals surface area (Å²) in [6.07, 6.45) is 0.865. The molecular weight excluding hydrogens is 215 g/mol. The van der Waals surface area contributed by atoms with Gasteiger partial charge in [0.1, 0.15) is 5.82 Å². The zero-order valence-corrected chi connectivity index (χ0v) is 9.57. The SMILES string of the molecule is CNCCNCCc1ccc(F)c(Cl)c1. The van der Waals surface area contributed by atoms with Crippen LogP contribution >= 0.6 is 11.6 Å². The van der Waals surface area contributed by atoms with E-state index in [9.17, 15) is 4.39 Å². The fraction of sp³-hybridized carbons (Fsp3) is 0.455. The molecule has 1 rings (SSSR count). The molecule has 1 aromatic rings. The number of benzene rings is 1. The molecule has 15 heavy (non-hydrogen) atoms. The summed E-state index contributed by atoms with van der Waals surface area (Å²) >= 11 is 5.67. The molecule has 0 unspecified atom stereocenters. The molecule has 0 aliphatic carbocycles. The van der Waals surface area contributed by atoms with Crippen molar-refractivity contribution in [1.29, 1.82) is 0 Å². The number of hydrogen-bond donors (Lipinski definition) is 2. The van der Waals surface area contributed by atoms with Gasteiger partial charge in [0.2, 0.25) is 0 Å². The van der Waals surface area contributed by atoms with Crippen LogP contribution in [0.25, 0.3) is 0 Å². The summed E-state index contributed by atoms with van der Waals surface area (Å²) in [6.45, 7) is 2.76. The molecule has 2 N–H and O–H groups in total. The number of nitrogens with one attached hydrogen (secondary N) is 2. The molecule has 2 nitrogen and oxygen atoms in total. The first-order valence-corrected chi connectivity index (χ1v) is 5.41. The second-order valence-corrected chi connectivity index (χ2v) is 3.76. The lowest BCUT2D eigenvalue weighted by molar-refractivity contribution is 0.625. The first-order valence-electron chi connectivity index (χ1n) is 5.03. The van der Waals surface area contributed by atoms with Gasteiger partial charge < -0.3 is 10.6 Å². The fourth-order valence-electron chi connectivity index (χ4n) is 1.27. The van der Waals surface area contributed by atoms with Gasteiger partial charge in [-0.15, -0.1) is 0 Å². The highest BCUT2D eigenvalue weighted by Gasteiger charge is 2.00. The molecule has 4 heteroatoms. The maximum atomic E-state index is 12.8. The van der Waals surface area contributed by atoms with E-state index in [-0.39, 0.29) is 10.8 Å². The Morgan fingerprint density at radius 3 is 2.73 bits per heavy atom. The fourth-order valence-corrected chi connectivity index (χ4v) is 1.47. The van der Waals surface area contributed by atoms with Crippen LogP contribution in [0.1, 0.15) is 5.56 Å². The van der Waals surface area contributed by atoms with Crippen molar-refractivity contribution >= 4 is 11.6 Å². The van der Waals surface area contributed by atoms with E-state index in [0.29, 0.717) is 0 Å². The third-order valence-electron chi connectivity index (χ3n) is 2.13. The average Bonchev–Trinajstić information content (AvgIpc) is 2.23. The van der Waals surface area contributed by atoms with Crippen LogP contribution < -0.4 is 10.6 Å². The van der Waals surface area contributed by atoms with E-state index in [2.05, 4.69) is 10.6 Å². The second-order valence-electron chi connectivity index (χ2n) is 3.35. The Morgan fingerprint density at radius 2 is 2.07 bits per heavy atom. The first-order chi connectivity index (χ1) is 7.24. The maximum absolute atomic E-state index is 12.8. The van der Waals surface area contributed by atoms with Crippen LogP contribution in [0, 0.1) is 5.82 Å². The Kier molecular flexibility index (Phi) is 5.61. The Labute approximate surface area is 94.8 Å². The topological polar surface area (TPSA) is 24.1 Å². The molecule has 0 aromatic heterocycles. The number of likely N-dealkylation sites (N-methyl/N-ethyl adjacent to an activating group) is 1. The van der Waals surface area contributed by atoms with Gasteiger partial charge in [0, 0.05) is 13.1 Å². The van der Waals surface area contributed by atoms with Gasteiger partial charge in [0.05, 0.1) is 5.02 Å². The lowest BCUT2D eigenvalue weighted by atomic mass is 10.1. The molecular formula is C11H16ClFN2. The van der Waals surface area contributed by atoms with Gasteiger partial charge in [-0.1, -0.05) is 17.7 Å². The normalized spacial score (nSPS) is 10.6. The molecule has 0 bridgehead atoms. The summed E-state index contributed by atoms with van der Waals surface area (Å²) in [5.74, 6) is -0.358. The van der Waals surface area contributed by atoms with Crippen LogP contribution in [-0.4, -0.2) is 26.7 Å². The number of hydrogen-bond acceptors (Lipinski definition) is 2. The third-order valence-corrected chi connectivity index (χ3v) is 2.42. The Morgan fingerprint density at radius 1 is 1.27 bits per heavy atom. The van der Waals surface area contributed by atoms with E-state index in [1.54, 1.807) is 12.1 Å². The molecule has 0 saturated heterocycles. The standard InChI is InChI=1S/C11H16ClFN2/c1-14-6-7-15-5-4-9-2-3-11(13)10(12)8-9/h2-3,8,14-15H,4-7H2,1H3. The monoisotopic (exact) mass is 230 g/mol. The lowest BCUT2D eigenvalue weighted by Gasteiger charge is -2.05. The van der Waals surface area contributed by atoms with Gasteiger partial charge in [-0.25, -0.2) is 4.39 Å². The molecule has 0 fully saturated rings. The largest absolute Gasteiger partial charge is 0.318 e. The highest BCUT2D eigenvalue weighted by molar-refractivity contribution is 6.30. The van der Waals surface area contributed by atoms with E-state index in [4.69, 9.17) is 11.6 Å². The minimum Gasteiger partial charge on any atom is -0.318 e. The van der Waals surface area contributed by atoms with E-state index >= 15 is 0 Å². The van der Waals surface area contributed by atoms with Crippen LogP contribution in [0.2, 0.25) is 5.02 Å². The molecule has 0 aliphatic heterocycles. The van der Waals surface area contributed by atoms with Crippen molar-refractivity contribution in [2.45, 2.75) is 6.42 Å². The van der Waals surface area contributed by atoms with Crippen molar-refractivity contribution in [3.63, 3.8) is 0 Å². The third kappa shape index (κ3) is 4.60. The number of rotatable bonds is 6. The molecule has 84 valence electrons. The summed E-state index contributed by atoms with van der Waals surface area (Å²) in [4.78, 5) is 0. The van der Waals surface area contributed by atoms with Gasteiger partial charge >= 0.3 is 0 Å². The quantitative estimate of drug-likeness (QED) is 0.729. The average molecular weight is 231 g/mol. The van der Waals surface area contributed by atoms with Crippen molar-refractivity contribution in [1.82, 2.24) is 10.6 Å². The van der Waals surface area contributed by atoms with Crippen molar-refractivity contribution in [3.05, 3.63) is 34.6 Å². The van der Waals surface area contributed by atoms with Gasteiger partial charge in [0.15, 0.2) is 0 Å². The molecule has 0 radical (unpaired) electrons. The zero-order chi connectivity index (χ0) is 11.1. The van der Waals surface area contributed by atoms with Gasteiger partial charge in [-0.05, 0) is 37.7 Å². The Bertz CT molecular complexity index is 305. The smallest absolute Gasteiger partial charge is 0.141 e. The van der Waals surface area contributed by atoms with Crippen LogP contribution in [0.5, 0.6) is 0 Å². The van der Waals surface area contributed by atoms with E-state index in [1.165, 1.54) is 6.07 Å². The number of halogens is 2. The van der Waals surface area contributed by atoms with E-state index in [0.717, 1.165) is 31.6 Å². The summed E-state index contributed by atoms with van der Waals surface area (Å²) < 4.78 is 12.8. The van der Waals surface area contributed by atoms with Crippen LogP contribution in [0.4, 0.5) is 4.39 Å². The lowest BCUT2D eigenvalue weighted by Crippen LogP contribution is -2.26. The molecule has 0 aliphatic rings. The van der Waals surface area contributed by atoms with E-state index < -0.39 is 0 Å². The van der Waals surface area contributed by atoms with Gasteiger partial charge in [-0.3, -0.25) is 0 Å². The Hall–Kier alpha value is -0.640. The molecule has 0 saturated carbocycles. The van der Waals surface area contributed by atoms with E-state index in [1.807, 2.05) is 7.05 Å². The van der Waals surface area contributed by atoms with Gasteiger partial charge in [0.25, 0.3) is 0 Å². The highest BCUT2D eigenvalue weighted by atomic mass is 35.5. The molecule has 0 spiro atoms. The molecule has 0 atom stereocenters. The van der Waals surface area contributed by atoms with Gasteiger partial charge in [-0.2, -0.15) is 0 Å². The van der Waals surface area contributed by atoms with Crippen LogP contribution in [0.15, 0.2) is 18.2 Å². The molecule has 0 amide bonds. The predicted molar refractivity (Wildman–Crippen MR) is 61.9 cm³/mol. The zero-order valence-electron chi connectivity index (χ0n) is 8.82.